The highest BCUT2D eigenvalue weighted by molar-refractivity contribution is 9.11. The number of nitrogen functional groups attached to an aromatic ring is 1. The fourth-order valence-corrected chi connectivity index (χ4v) is 4.00. The van der Waals surface area contributed by atoms with Gasteiger partial charge in [0.2, 0.25) is 0 Å². The first-order chi connectivity index (χ1) is 8.95. The quantitative estimate of drug-likeness (QED) is 0.773. The molecule has 0 spiro atoms. The number of carbonyl (C=O) groups is 1. The van der Waals surface area contributed by atoms with E-state index in [1.807, 2.05) is 25.1 Å². The Labute approximate surface area is 131 Å². The van der Waals surface area contributed by atoms with Crippen LogP contribution in [0.4, 0.5) is 5.69 Å². The molecule has 0 bridgehead atoms. The van der Waals surface area contributed by atoms with Crippen molar-refractivity contribution in [3.63, 3.8) is 0 Å². The van der Waals surface area contributed by atoms with Crippen molar-refractivity contribution in [2.75, 3.05) is 5.73 Å². The zero-order chi connectivity index (χ0) is 14.2. The number of halogens is 2. The summed E-state index contributed by atoms with van der Waals surface area (Å²) in [6.45, 7) is 1.97. The first-order valence-corrected chi connectivity index (χ1v) is 7.95. The molecule has 1 aromatic carbocycles. The minimum absolute atomic E-state index is 0.207. The molecule has 3 nitrogen and oxygen atoms in total. The molecule has 6 heteroatoms. The largest absolute Gasteiger partial charge is 0.477 e. The highest BCUT2D eigenvalue weighted by atomic mass is 79.9. The van der Waals surface area contributed by atoms with E-state index < -0.39 is 5.97 Å². The Bertz CT molecular complexity index is 652. The van der Waals surface area contributed by atoms with Gasteiger partial charge < -0.3 is 10.8 Å². The number of aromatic carboxylic acids is 1. The summed E-state index contributed by atoms with van der Waals surface area (Å²) in [6, 6.07) is 5.81. The van der Waals surface area contributed by atoms with E-state index in [9.17, 15) is 9.90 Å². The first kappa shape index (κ1) is 14.6. The fraction of sp³-hybridized carbons (Fsp3) is 0.154. The predicted molar refractivity (Wildman–Crippen MR) is 85.9 cm³/mol. The second-order valence-electron chi connectivity index (χ2n) is 3.94. The Kier molecular flexibility index (Phi) is 4.32. The highest BCUT2D eigenvalue weighted by Gasteiger charge is 2.21. The molecule has 0 aliphatic rings. The standard InChI is InChI=1S/C13H11Br2NO2S/c1-2-7-10(16)12(13(17)18)19-11(7)8-5-6(14)3-4-9(8)15/h3-5H,2,16H2,1H3,(H,17,18). The zero-order valence-electron chi connectivity index (χ0n) is 10.0. The van der Waals surface area contributed by atoms with Crippen LogP contribution in [0.25, 0.3) is 10.4 Å². The average molecular weight is 405 g/mol. The molecule has 2 rings (SSSR count). The van der Waals surface area contributed by atoms with Gasteiger partial charge in [-0.15, -0.1) is 11.3 Å². The molecular weight excluding hydrogens is 394 g/mol. The second kappa shape index (κ2) is 5.64. The molecule has 3 N–H and O–H groups in total. The van der Waals surface area contributed by atoms with Gasteiger partial charge >= 0.3 is 5.97 Å². The van der Waals surface area contributed by atoms with Crippen LogP contribution in [0.2, 0.25) is 0 Å². The van der Waals surface area contributed by atoms with Gasteiger partial charge in [0.15, 0.2) is 0 Å². The van der Waals surface area contributed by atoms with Crippen molar-refractivity contribution in [1.82, 2.24) is 0 Å². The molecule has 1 aromatic heterocycles. The Morgan fingerprint density at radius 2 is 2.11 bits per heavy atom. The van der Waals surface area contributed by atoms with Gasteiger partial charge in [0.05, 0.1) is 5.69 Å². The monoisotopic (exact) mass is 403 g/mol. The van der Waals surface area contributed by atoms with Gasteiger partial charge in [-0.25, -0.2) is 4.79 Å². The maximum atomic E-state index is 11.2. The van der Waals surface area contributed by atoms with E-state index in [0.29, 0.717) is 12.1 Å². The number of carboxylic acid groups (broad SMARTS) is 1. The molecule has 0 saturated carbocycles. The predicted octanol–water partition coefficient (Wildman–Crippen LogP) is 4.78. The molecule has 0 amide bonds. The van der Waals surface area contributed by atoms with E-state index >= 15 is 0 Å². The van der Waals surface area contributed by atoms with Crippen LogP contribution in [-0.4, -0.2) is 11.1 Å². The van der Waals surface area contributed by atoms with Crippen LogP contribution in [0, 0.1) is 0 Å². The minimum atomic E-state index is -0.977. The maximum Gasteiger partial charge on any atom is 0.348 e. The number of nitrogens with two attached hydrogens (primary N) is 1. The third kappa shape index (κ3) is 2.70. The molecule has 1 heterocycles. The van der Waals surface area contributed by atoms with Crippen molar-refractivity contribution in [3.05, 3.63) is 37.6 Å². The maximum absolute atomic E-state index is 11.2. The third-order valence-corrected chi connectivity index (χ3v) is 5.22. The van der Waals surface area contributed by atoms with Crippen molar-refractivity contribution in [2.45, 2.75) is 13.3 Å². The summed E-state index contributed by atoms with van der Waals surface area (Å²) in [5, 5.41) is 9.18. The van der Waals surface area contributed by atoms with Crippen molar-refractivity contribution in [1.29, 1.82) is 0 Å². The molecule has 2 aromatic rings. The lowest BCUT2D eigenvalue weighted by molar-refractivity contribution is 0.0703. The van der Waals surface area contributed by atoms with E-state index in [2.05, 4.69) is 31.9 Å². The van der Waals surface area contributed by atoms with Crippen molar-refractivity contribution in [3.8, 4) is 10.4 Å². The van der Waals surface area contributed by atoms with Crippen LogP contribution >= 0.6 is 43.2 Å². The molecule has 0 radical (unpaired) electrons. The summed E-state index contributed by atoms with van der Waals surface area (Å²) < 4.78 is 1.86. The summed E-state index contributed by atoms with van der Waals surface area (Å²) in [5.41, 5.74) is 8.16. The highest BCUT2D eigenvalue weighted by Crippen LogP contribution is 2.42. The van der Waals surface area contributed by atoms with Crippen LogP contribution in [0.3, 0.4) is 0 Å². The lowest BCUT2D eigenvalue weighted by Crippen LogP contribution is -1.99. The van der Waals surface area contributed by atoms with Crippen LogP contribution in [0.15, 0.2) is 27.1 Å². The summed E-state index contributed by atoms with van der Waals surface area (Å²) in [7, 11) is 0. The van der Waals surface area contributed by atoms with Gasteiger partial charge in [-0.3, -0.25) is 0 Å². The zero-order valence-corrected chi connectivity index (χ0v) is 14.0. The Morgan fingerprint density at radius 1 is 1.42 bits per heavy atom. The van der Waals surface area contributed by atoms with Gasteiger partial charge in [0.25, 0.3) is 0 Å². The Balaban J connectivity index is 2.71. The molecule has 0 fully saturated rings. The Morgan fingerprint density at radius 3 is 2.68 bits per heavy atom. The fourth-order valence-electron chi connectivity index (χ4n) is 1.88. The molecule has 0 aliphatic heterocycles. The van der Waals surface area contributed by atoms with Crippen LogP contribution in [0.1, 0.15) is 22.2 Å². The van der Waals surface area contributed by atoms with Crippen LogP contribution in [-0.2, 0) is 6.42 Å². The van der Waals surface area contributed by atoms with E-state index in [0.717, 1.165) is 24.9 Å². The molecule has 19 heavy (non-hydrogen) atoms. The summed E-state index contributed by atoms with van der Waals surface area (Å²) in [4.78, 5) is 12.3. The number of benzene rings is 1. The van der Waals surface area contributed by atoms with Gasteiger partial charge in [-0.1, -0.05) is 38.8 Å². The molecular formula is C13H11Br2NO2S. The number of thiophene rings is 1. The van der Waals surface area contributed by atoms with E-state index in [-0.39, 0.29) is 4.88 Å². The van der Waals surface area contributed by atoms with Gasteiger partial charge in [0.1, 0.15) is 4.88 Å². The smallest absolute Gasteiger partial charge is 0.348 e. The van der Waals surface area contributed by atoms with E-state index in [1.165, 1.54) is 11.3 Å². The minimum Gasteiger partial charge on any atom is -0.477 e. The normalized spacial score (nSPS) is 10.7. The topological polar surface area (TPSA) is 63.3 Å². The van der Waals surface area contributed by atoms with Gasteiger partial charge in [-0.05, 0) is 30.2 Å². The molecule has 100 valence electrons. The first-order valence-electron chi connectivity index (χ1n) is 5.55. The molecule has 0 saturated heterocycles. The number of carboxylic acids is 1. The number of hydrogen-bond acceptors (Lipinski definition) is 3. The van der Waals surface area contributed by atoms with E-state index in [4.69, 9.17) is 5.73 Å². The second-order valence-corrected chi connectivity index (χ2v) is 6.73. The van der Waals surface area contributed by atoms with Crippen LogP contribution < -0.4 is 5.73 Å². The number of anilines is 1. The van der Waals surface area contributed by atoms with E-state index in [1.54, 1.807) is 0 Å². The lowest BCUT2D eigenvalue weighted by Gasteiger charge is -2.06. The lowest BCUT2D eigenvalue weighted by atomic mass is 10.1. The van der Waals surface area contributed by atoms with Gasteiger partial charge in [0, 0.05) is 19.4 Å². The molecule has 0 atom stereocenters. The summed E-state index contributed by atoms with van der Waals surface area (Å²) >= 11 is 8.15. The third-order valence-electron chi connectivity index (χ3n) is 2.77. The van der Waals surface area contributed by atoms with Crippen LogP contribution in [0.5, 0.6) is 0 Å². The summed E-state index contributed by atoms with van der Waals surface area (Å²) in [6.07, 6.45) is 0.698. The number of rotatable bonds is 3. The molecule has 0 unspecified atom stereocenters. The Hall–Kier alpha value is -0.850. The number of hydrogen-bond donors (Lipinski definition) is 2. The van der Waals surface area contributed by atoms with Crippen molar-refractivity contribution in [2.24, 2.45) is 0 Å². The average Bonchev–Trinajstić information content (AvgIpc) is 2.69. The van der Waals surface area contributed by atoms with Gasteiger partial charge in [-0.2, -0.15) is 0 Å². The van der Waals surface area contributed by atoms with Crippen molar-refractivity contribution >= 4 is 54.9 Å². The SMILES string of the molecule is CCc1c(-c2cc(Br)ccc2Br)sc(C(=O)O)c1N. The molecule has 0 aliphatic carbocycles. The van der Waals surface area contributed by atoms with Crippen molar-refractivity contribution < 1.29 is 9.90 Å². The summed E-state index contributed by atoms with van der Waals surface area (Å²) in [5.74, 6) is -0.977.